The summed E-state index contributed by atoms with van der Waals surface area (Å²) in [4.78, 5) is 16.9. The van der Waals surface area contributed by atoms with Crippen molar-refractivity contribution in [2.24, 2.45) is 5.92 Å². The number of halogens is 1. The summed E-state index contributed by atoms with van der Waals surface area (Å²) in [7, 11) is 3.95. The van der Waals surface area contributed by atoms with Gasteiger partial charge in [-0.2, -0.15) is 0 Å². The van der Waals surface area contributed by atoms with Gasteiger partial charge in [0.15, 0.2) is 0 Å². The molecule has 22 heavy (non-hydrogen) atoms. The predicted octanol–water partition coefficient (Wildman–Crippen LogP) is 3.11. The number of fused-ring (bicyclic) bond motifs is 2. The summed E-state index contributed by atoms with van der Waals surface area (Å²) in [5.41, 5.74) is 2.80. The Morgan fingerprint density at radius 2 is 1.86 bits per heavy atom. The van der Waals surface area contributed by atoms with Crippen LogP contribution >= 0.6 is 12.4 Å². The van der Waals surface area contributed by atoms with Crippen molar-refractivity contribution in [2.45, 2.75) is 44.7 Å². The Kier molecular flexibility index (Phi) is 5.87. The Hall–Kier alpha value is -1.06. The van der Waals surface area contributed by atoms with E-state index < -0.39 is 0 Å². The maximum Gasteiger partial charge on any atom is 0.237 e. The van der Waals surface area contributed by atoms with Gasteiger partial charge in [0.1, 0.15) is 0 Å². The van der Waals surface area contributed by atoms with Gasteiger partial charge in [-0.15, -0.1) is 12.4 Å². The lowest BCUT2D eigenvalue weighted by Crippen LogP contribution is -2.47. The molecule has 0 N–H and O–H groups in total. The number of likely N-dealkylation sites (N-methyl/N-ethyl adjacent to an activating group) is 1. The van der Waals surface area contributed by atoms with Crippen molar-refractivity contribution in [1.82, 2.24) is 9.80 Å². The fourth-order valence-corrected chi connectivity index (χ4v) is 3.97. The van der Waals surface area contributed by atoms with Gasteiger partial charge in [0, 0.05) is 12.6 Å². The van der Waals surface area contributed by atoms with E-state index in [9.17, 15) is 4.79 Å². The molecule has 0 spiro atoms. The average Bonchev–Trinajstić information content (AvgIpc) is 2.63. The number of hydrogen-bond donors (Lipinski definition) is 0. The number of carbonyl (C=O) groups excluding carboxylic acids is 1. The summed E-state index contributed by atoms with van der Waals surface area (Å²) in [6.07, 6.45) is 6.18. The molecule has 1 aromatic carbocycles. The van der Waals surface area contributed by atoms with Gasteiger partial charge in [-0.05, 0) is 50.4 Å². The fourth-order valence-electron chi connectivity index (χ4n) is 3.97. The van der Waals surface area contributed by atoms with Crippen LogP contribution in [-0.4, -0.2) is 42.4 Å². The maximum atomic E-state index is 12.7. The molecule has 0 bridgehead atoms. The highest BCUT2D eigenvalue weighted by Crippen LogP contribution is 2.35. The third-order valence-electron chi connectivity index (χ3n) is 4.98. The first-order valence-corrected chi connectivity index (χ1v) is 8.16. The zero-order chi connectivity index (χ0) is 14.8. The standard InChI is InChI=1S/C18H26N2O.ClH/c1-19(2)13-18(21)20-12-16-9-4-3-7-14(16)11-15-8-5-6-10-17(15)20;/h3-4,7,9,15,17H,5-6,8,10-13H2,1-2H3;1H. The molecule has 0 radical (unpaired) electrons. The van der Waals surface area contributed by atoms with Gasteiger partial charge < -0.3 is 9.80 Å². The summed E-state index contributed by atoms with van der Waals surface area (Å²) in [5, 5.41) is 0. The Bertz CT molecular complexity index is 518. The van der Waals surface area contributed by atoms with E-state index in [2.05, 4.69) is 29.2 Å². The molecule has 1 aliphatic heterocycles. The lowest BCUT2D eigenvalue weighted by Gasteiger charge is -2.38. The van der Waals surface area contributed by atoms with Gasteiger partial charge in [0.25, 0.3) is 0 Å². The average molecular weight is 323 g/mol. The number of rotatable bonds is 2. The minimum atomic E-state index is 0. The van der Waals surface area contributed by atoms with Gasteiger partial charge in [0.05, 0.1) is 6.54 Å². The molecule has 3 nitrogen and oxygen atoms in total. The minimum Gasteiger partial charge on any atom is -0.334 e. The fraction of sp³-hybridized carbons (Fsp3) is 0.611. The SMILES string of the molecule is CN(C)CC(=O)N1Cc2ccccc2CC2CCCCC21.Cl. The highest BCUT2D eigenvalue weighted by Gasteiger charge is 2.35. The van der Waals surface area contributed by atoms with E-state index in [0.717, 1.165) is 13.0 Å². The first-order chi connectivity index (χ1) is 10.1. The van der Waals surface area contributed by atoms with E-state index in [-0.39, 0.29) is 18.3 Å². The molecule has 1 heterocycles. The topological polar surface area (TPSA) is 23.6 Å². The first-order valence-electron chi connectivity index (χ1n) is 8.16. The van der Waals surface area contributed by atoms with Gasteiger partial charge in [-0.1, -0.05) is 37.1 Å². The quantitative estimate of drug-likeness (QED) is 0.835. The monoisotopic (exact) mass is 322 g/mol. The number of hydrogen-bond acceptors (Lipinski definition) is 2. The van der Waals surface area contributed by atoms with E-state index in [1.807, 2.05) is 19.0 Å². The Balaban J connectivity index is 0.00000176. The molecule has 2 atom stereocenters. The van der Waals surface area contributed by atoms with Crippen LogP contribution in [0.4, 0.5) is 0 Å². The number of carbonyl (C=O) groups is 1. The predicted molar refractivity (Wildman–Crippen MR) is 92.2 cm³/mol. The summed E-state index contributed by atoms with van der Waals surface area (Å²) in [6, 6.07) is 9.12. The molecule has 2 unspecified atom stereocenters. The molecule has 1 aliphatic carbocycles. The van der Waals surface area contributed by atoms with E-state index in [1.54, 1.807) is 0 Å². The van der Waals surface area contributed by atoms with Crippen LogP contribution in [0.15, 0.2) is 24.3 Å². The highest BCUT2D eigenvalue weighted by atomic mass is 35.5. The van der Waals surface area contributed by atoms with Crippen LogP contribution in [0.25, 0.3) is 0 Å². The molecule has 1 fully saturated rings. The Labute approximate surface area is 140 Å². The van der Waals surface area contributed by atoms with Crippen molar-refractivity contribution in [3.63, 3.8) is 0 Å². The molecule has 1 saturated carbocycles. The molecule has 1 amide bonds. The first kappa shape index (κ1) is 17.3. The van der Waals surface area contributed by atoms with Crippen LogP contribution in [0, 0.1) is 5.92 Å². The second-order valence-corrected chi connectivity index (χ2v) is 6.84. The molecular formula is C18H27ClN2O. The van der Waals surface area contributed by atoms with Gasteiger partial charge in [-0.3, -0.25) is 4.79 Å². The molecule has 4 heteroatoms. The van der Waals surface area contributed by atoms with E-state index in [4.69, 9.17) is 0 Å². The summed E-state index contributed by atoms with van der Waals surface area (Å²) < 4.78 is 0. The van der Waals surface area contributed by atoms with Gasteiger partial charge in [-0.25, -0.2) is 0 Å². The zero-order valence-electron chi connectivity index (χ0n) is 13.6. The van der Waals surface area contributed by atoms with E-state index >= 15 is 0 Å². The van der Waals surface area contributed by atoms with Crippen molar-refractivity contribution >= 4 is 18.3 Å². The third-order valence-corrected chi connectivity index (χ3v) is 4.98. The molecule has 122 valence electrons. The molecule has 1 aromatic rings. The Morgan fingerprint density at radius 1 is 1.18 bits per heavy atom. The molecule has 0 aromatic heterocycles. The van der Waals surface area contributed by atoms with Crippen LogP contribution in [0.1, 0.15) is 36.8 Å². The van der Waals surface area contributed by atoms with Crippen LogP contribution in [-0.2, 0) is 17.8 Å². The smallest absolute Gasteiger partial charge is 0.237 e. The van der Waals surface area contributed by atoms with Gasteiger partial charge >= 0.3 is 0 Å². The van der Waals surface area contributed by atoms with Crippen molar-refractivity contribution < 1.29 is 4.79 Å². The van der Waals surface area contributed by atoms with Crippen LogP contribution in [0.3, 0.4) is 0 Å². The van der Waals surface area contributed by atoms with Crippen molar-refractivity contribution in [3.05, 3.63) is 35.4 Å². The van der Waals surface area contributed by atoms with Crippen LogP contribution in [0.2, 0.25) is 0 Å². The van der Waals surface area contributed by atoms with Crippen molar-refractivity contribution in [1.29, 1.82) is 0 Å². The second kappa shape index (κ2) is 7.47. The minimum absolute atomic E-state index is 0. The van der Waals surface area contributed by atoms with Crippen LogP contribution in [0.5, 0.6) is 0 Å². The summed E-state index contributed by atoms with van der Waals surface area (Å²) in [6.45, 7) is 1.31. The third kappa shape index (κ3) is 3.64. The number of benzene rings is 1. The van der Waals surface area contributed by atoms with Crippen LogP contribution < -0.4 is 0 Å². The molecule has 0 saturated heterocycles. The largest absolute Gasteiger partial charge is 0.334 e. The van der Waals surface area contributed by atoms with Crippen molar-refractivity contribution in [3.8, 4) is 0 Å². The maximum absolute atomic E-state index is 12.7. The van der Waals surface area contributed by atoms with Gasteiger partial charge in [0.2, 0.25) is 5.91 Å². The zero-order valence-corrected chi connectivity index (χ0v) is 14.4. The van der Waals surface area contributed by atoms with Crippen molar-refractivity contribution in [2.75, 3.05) is 20.6 Å². The highest BCUT2D eigenvalue weighted by molar-refractivity contribution is 5.85. The Morgan fingerprint density at radius 3 is 2.59 bits per heavy atom. The van der Waals surface area contributed by atoms with E-state index in [1.165, 1.54) is 36.8 Å². The molecule has 3 rings (SSSR count). The van der Waals surface area contributed by atoms with E-state index in [0.29, 0.717) is 18.5 Å². The molecule has 2 aliphatic rings. The lowest BCUT2D eigenvalue weighted by molar-refractivity contribution is -0.136. The number of nitrogens with zero attached hydrogens (tertiary/aromatic N) is 2. The lowest BCUT2D eigenvalue weighted by atomic mass is 9.80. The summed E-state index contributed by atoms with van der Waals surface area (Å²) >= 11 is 0. The number of amides is 1. The normalized spacial score (nSPS) is 24.0. The summed E-state index contributed by atoms with van der Waals surface area (Å²) in [5.74, 6) is 0.933. The molecular weight excluding hydrogens is 296 g/mol. The second-order valence-electron chi connectivity index (χ2n) is 6.84.